The lowest BCUT2D eigenvalue weighted by Gasteiger charge is -2.37. The van der Waals surface area contributed by atoms with E-state index in [-0.39, 0.29) is 17.5 Å². The number of amidine groups is 1. The van der Waals surface area contributed by atoms with Gasteiger partial charge >= 0.3 is 0 Å². The van der Waals surface area contributed by atoms with Gasteiger partial charge in [0, 0.05) is 17.9 Å². The summed E-state index contributed by atoms with van der Waals surface area (Å²) in [6, 6.07) is 8.91. The van der Waals surface area contributed by atoms with E-state index in [1.165, 1.54) is 18.0 Å². The summed E-state index contributed by atoms with van der Waals surface area (Å²) in [5.41, 5.74) is 7.67. The number of aliphatic imine (C=N–C) groups is 1. The maximum Gasteiger partial charge on any atom is 0.205 e. The first-order valence-electron chi connectivity index (χ1n) is 8.87. The van der Waals surface area contributed by atoms with E-state index < -0.39 is 11.7 Å². The molecule has 0 fully saturated rings. The Hall–Kier alpha value is -2.72. The smallest absolute Gasteiger partial charge is 0.205 e. The van der Waals surface area contributed by atoms with Gasteiger partial charge in [0.1, 0.15) is 17.4 Å². The van der Waals surface area contributed by atoms with E-state index in [1.807, 2.05) is 18.2 Å². The fourth-order valence-electron chi connectivity index (χ4n) is 3.43. The van der Waals surface area contributed by atoms with Gasteiger partial charge in [-0.15, -0.1) is 0 Å². The fourth-order valence-corrected chi connectivity index (χ4v) is 4.43. The number of halogens is 1. The summed E-state index contributed by atoms with van der Waals surface area (Å²) in [4.78, 5) is 24.6. The number of nitrogens with zero attached hydrogens (tertiary/aromatic N) is 3. The van der Waals surface area contributed by atoms with Crippen LogP contribution < -0.4 is 5.73 Å². The van der Waals surface area contributed by atoms with E-state index in [9.17, 15) is 9.18 Å². The number of carbonyl (C=O) groups is 1. The largest absolute Gasteiger partial charge is 0.379 e. The molecule has 144 valence electrons. The van der Waals surface area contributed by atoms with Gasteiger partial charge in [-0.1, -0.05) is 36.0 Å². The van der Waals surface area contributed by atoms with Crippen LogP contribution in [-0.4, -0.2) is 27.4 Å². The van der Waals surface area contributed by atoms with E-state index in [1.54, 1.807) is 32.9 Å². The number of alkyl halides is 1. The van der Waals surface area contributed by atoms with Crippen LogP contribution in [0.4, 0.5) is 10.1 Å². The molecule has 28 heavy (non-hydrogen) atoms. The van der Waals surface area contributed by atoms with E-state index >= 15 is 0 Å². The number of aromatic nitrogens is 1. The van der Waals surface area contributed by atoms with Crippen LogP contribution in [0.15, 0.2) is 41.5 Å². The van der Waals surface area contributed by atoms with Crippen LogP contribution in [0.3, 0.4) is 0 Å². The highest BCUT2D eigenvalue weighted by molar-refractivity contribution is 8.14. The number of hydrogen-bond donors (Lipinski definition) is 1. The molecular weight excluding hydrogens is 375 g/mol. The Morgan fingerprint density at radius 2 is 2.18 bits per heavy atom. The lowest BCUT2D eigenvalue weighted by Crippen LogP contribution is -2.43. The topological polar surface area (TPSA) is 72.7 Å². The van der Waals surface area contributed by atoms with E-state index in [4.69, 9.17) is 12.3 Å². The lowest BCUT2D eigenvalue weighted by molar-refractivity contribution is 0.0987. The second kappa shape index (κ2) is 7.72. The lowest BCUT2D eigenvalue weighted by atomic mass is 9.85. The highest BCUT2D eigenvalue weighted by Gasteiger charge is 2.43. The molecule has 7 heteroatoms. The van der Waals surface area contributed by atoms with Crippen LogP contribution in [0, 0.1) is 13.5 Å². The van der Waals surface area contributed by atoms with E-state index in [0.29, 0.717) is 27.7 Å². The minimum Gasteiger partial charge on any atom is -0.379 e. The molecule has 0 radical (unpaired) electrons. The summed E-state index contributed by atoms with van der Waals surface area (Å²) in [6.07, 6.45) is 0.341. The summed E-state index contributed by atoms with van der Waals surface area (Å²) in [6.45, 7) is 12.3. The Morgan fingerprint density at radius 1 is 1.43 bits per heavy atom. The molecule has 3 rings (SSSR count). The average Bonchev–Trinajstić information content (AvgIpc) is 2.66. The standard InChI is InChI=1S/C21H21FN4OS/c1-12-8-16(24-4)11-25-18(12)17(27)10-14-6-5-7-15(9-14)21(3)19(22)13(2)28-20(23)26-21/h5-9,11,13,19H,10H2,1-3H3,(H2,23,26)/t13-,19+,21-/m1/s1. The maximum absolute atomic E-state index is 15.0. The van der Waals surface area contributed by atoms with Crippen LogP contribution >= 0.6 is 11.8 Å². The number of nitrogens with two attached hydrogens (primary N) is 1. The van der Waals surface area contributed by atoms with Gasteiger partial charge in [-0.2, -0.15) is 0 Å². The number of hydrogen-bond acceptors (Lipinski definition) is 5. The number of benzene rings is 1. The molecule has 2 aromatic rings. The Kier molecular flexibility index (Phi) is 5.52. The number of pyridine rings is 1. The van der Waals surface area contributed by atoms with Crippen LogP contribution in [-0.2, 0) is 12.0 Å². The number of aryl methyl sites for hydroxylation is 1. The number of rotatable bonds is 4. The SMILES string of the molecule is [C-]#[N+]c1cnc(C(=O)Cc2cccc([C@@]3(C)N=C(N)S[C@H](C)[C@@H]3F)c2)c(C)c1. The molecule has 2 N–H and O–H groups in total. The molecular formula is C21H21FN4OS. The van der Waals surface area contributed by atoms with Gasteiger partial charge in [0.05, 0.1) is 6.57 Å². The zero-order chi connectivity index (χ0) is 20.5. The Balaban J connectivity index is 1.89. The second-order valence-electron chi connectivity index (χ2n) is 7.09. The van der Waals surface area contributed by atoms with Gasteiger partial charge in [0.15, 0.2) is 11.0 Å². The van der Waals surface area contributed by atoms with Crippen molar-refractivity contribution >= 4 is 28.4 Å². The predicted octanol–water partition coefficient (Wildman–Crippen LogP) is 4.37. The first-order chi connectivity index (χ1) is 13.2. The van der Waals surface area contributed by atoms with Crippen molar-refractivity contribution < 1.29 is 9.18 Å². The predicted molar refractivity (Wildman–Crippen MR) is 111 cm³/mol. The van der Waals surface area contributed by atoms with Gasteiger partial charge in [0.25, 0.3) is 0 Å². The summed E-state index contributed by atoms with van der Waals surface area (Å²) in [7, 11) is 0. The van der Waals surface area contributed by atoms with Gasteiger partial charge in [-0.05, 0) is 43.5 Å². The summed E-state index contributed by atoms with van der Waals surface area (Å²) < 4.78 is 15.0. The molecule has 1 aromatic carbocycles. The molecule has 0 amide bonds. The molecule has 0 aliphatic carbocycles. The third-order valence-electron chi connectivity index (χ3n) is 4.93. The second-order valence-corrected chi connectivity index (χ2v) is 8.49. The molecule has 1 aromatic heterocycles. The molecule has 3 atom stereocenters. The number of Topliss-reactive ketones (excluding diaryl/α,β-unsaturated/α-hetero) is 1. The number of ketones is 1. The normalized spacial score (nSPS) is 24.3. The van der Waals surface area contributed by atoms with Crippen molar-refractivity contribution in [2.75, 3.05) is 0 Å². The van der Waals surface area contributed by atoms with Crippen LogP contribution in [0.2, 0.25) is 0 Å². The van der Waals surface area contributed by atoms with Gasteiger partial charge in [-0.25, -0.2) is 14.2 Å². The first kappa shape index (κ1) is 20.0. The van der Waals surface area contributed by atoms with Crippen molar-refractivity contribution in [1.29, 1.82) is 0 Å². The quantitative estimate of drug-likeness (QED) is 0.615. The van der Waals surface area contributed by atoms with Crippen LogP contribution in [0.1, 0.15) is 41.0 Å². The zero-order valence-electron chi connectivity index (χ0n) is 15.9. The molecule has 0 bridgehead atoms. The molecule has 1 aliphatic heterocycles. The minimum absolute atomic E-state index is 0.135. The van der Waals surface area contributed by atoms with Crippen molar-refractivity contribution in [3.8, 4) is 0 Å². The highest BCUT2D eigenvalue weighted by atomic mass is 32.2. The van der Waals surface area contributed by atoms with Gasteiger partial charge in [-0.3, -0.25) is 9.78 Å². The number of thioether (sulfide) groups is 1. The molecule has 0 spiro atoms. The van der Waals surface area contributed by atoms with Crippen LogP contribution in [0.5, 0.6) is 0 Å². The summed E-state index contributed by atoms with van der Waals surface area (Å²) in [5, 5.41) is 0.0608. The summed E-state index contributed by atoms with van der Waals surface area (Å²) >= 11 is 1.23. The molecule has 1 aliphatic rings. The fraction of sp³-hybridized carbons (Fsp3) is 0.333. The van der Waals surface area contributed by atoms with Crippen molar-refractivity contribution in [3.05, 3.63) is 70.3 Å². The highest BCUT2D eigenvalue weighted by Crippen LogP contribution is 2.41. The van der Waals surface area contributed by atoms with E-state index in [2.05, 4.69) is 14.8 Å². The molecule has 0 saturated heterocycles. The minimum atomic E-state index is -1.19. The third-order valence-corrected chi connectivity index (χ3v) is 5.87. The van der Waals surface area contributed by atoms with Gasteiger partial charge < -0.3 is 5.73 Å². The summed E-state index contributed by atoms with van der Waals surface area (Å²) in [5.74, 6) is -0.149. The molecule has 0 saturated carbocycles. The molecule has 2 heterocycles. The Labute approximate surface area is 168 Å². The first-order valence-corrected chi connectivity index (χ1v) is 9.75. The van der Waals surface area contributed by atoms with Crippen molar-refractivity contribution in [3.63, 3.8) is 0 Å². The zero-order valence-corrected chi connectivity index (χ0v) is 16.8. The average molecular weight is 396 g/mol. The van der Waals surface area contributed by atoms with E-state index in [0.717, 1.165) is 5.56 Å². The van der Waals surface area contributed by atoms with Crippen LogP contribution in [0.25, 0.3) is 4.85 Å². The third kappa shape index (κ3) is 3.78. The number of carbonyl (C=O) groups excluding carboxylic acids is 1. The molecule has 0 unspecified atom stereocenters. The Bertz CT molecular complexity index is 1000. The van der Waals surface area contributed by atoms with Crippen molar-refractivity contribution in [1.82, 2.24) is 4.98 Å². The monoisotopic (exact) mass is 396 g/mol. The maximum atomic E-state index is 15.0. The Morgan fingerprint density at radius 3 is 2.86 bits per heavy atom. The molecule has 5 nitrogen and oxygen atoms in total. The van der Waals surface area contributed by atoms with Crippen molar-refractivity contribution in [2.45, 2.75) is 44.2 Å². The van der Waals surface area contributed by atoms with Gasteiger partial charge in [0.2, 0.25) is 5.69 Å². The van der Waals surface area contributed by atoms with Crippen molar-refractivity contribution in [2.24, 2.45) is 10.7 Å².